The molecule has 0 unspecified atom stereocenters. The van der Waals surface area contributed by atoms with Crippen LogP contribution in [-0.4, -0.2) is 13.0 Å². The van der Waals surface area contributed by atoms with Gasteiger partial charge >= 0.3 is 0 Å². The van der Waals surface area contributed by atoms with Gasteiger partial charge in [0.1, 0.15) is 12.0 Å². The maximum absolute atomic E-state index is 11.3. The Morgan fingerprint density at radius 3 is 2.75 bits per heavy atom. The number of benzene rings is 1. The molecule has 0 spiro atoms. The molecule has 0 bridgehead atoms. The Bertz CT molecular complexity index is 474. The van der Waals surface area contributed by atoms with Gasteiger partial charge in [-0.3, -0.25) is 4.79 Å². The van der Waals surface area contributed by atoms with Crippen molar-refractivity contribution in [3.63, 3.8) is 0 Å². The average Bonchev–Trinajstić information content (AvgIpc) is 2.78. The third-order valence-corrected chi connectivity index (χ3v) is 2.36. The molecule has 0 saturated heterocycles. The smallest absolute Gasteiger partial charge is 0.254 e. The molecule has 0 aliphatic carbocycles. The normalized spacial score (nSPS) is 10.1. The molecule has 0 atom stereocenters. The summed E-state index contributed by atoms with van der Waals surface area (Å²) >= 11 is 0. The van der Waals surface area contributed by atoms with Crippen LogP contribution in [0.2, 0.25) is 0 Å². The van der Waals surface area contributed by atoms with Crippen LogP contribution in [0.15, 0.2) is 47.1 Å². The molecule has 0 radical (unpaired) electrons. The number of carbonyl (C=O) groups is 1. The van der Waals surface area contributed by atoms with E-state index in [0.29, 0.717) is 12.0 Å². The van der Waals surface area contributed by atoms with Crippen LogP contribution < -0.4 is 5.32 Å². The molecule has 0 fully saturated rings. The molecule has 3 nitrogen and oxygen atoms in total. The van der Waals surface area contributed by atoms with Crippen molar-refractivity contribution >= 4 is 5.91 Å². The fourth-order valence-corrected chi connectivity index (χ4v) is 1.53. The molecule has 1 amide bonds. The van der Waals surface area contributed by atoms with Crippen molar-refractivity contribution in [2.45, 2.75) is 6.42 Å². The lowest BCUT2D eigenvalue weighted by molar-refractivity contribution is 0.0962. The van der Waals surface area contributed by atoms with Crippen molar-refractivity contribution in [2.75, 3.05) is 7.05 Å². The number of rotatable bonds is 3. The maximum Gasteiger partial charge on any atom is 0.254 e. The fourth-order valence-electron chi connectivity index (χ4n) is 1.53. The number of carbonyl (C=O) groups excluding carboxylic acids is 1. The summed E-state index contributed by atoms with van der Waals surface area (Å²) in [4.78, 5) is 11.3. The topological polar surface area (TPSA) is 42.2 Å². The molecule has 2 rings (SSSR count). The predicted molar refractivity (Wildman–Crippen MR) is 61.3 cm³/mol. The van der Waals surface area contributed by atoms with Gasteiger partial charge in [-0.15, -0.1) is 0 Å². The van der Waals surface area contributed by atoms with Gasteiger partial charge in [-0.05, 0) is 11.6 Å². The van der Waals surface area contributed by atoms with E-state index in [9.17, 15) is 4.79 Å². The zero-order valence-electron chi connectivity index (χ0n) is 9.07. The van der Waals surface area contributed by atoms with E-state index in [-0.39, 0.29) is 5.91 Å². The van der Waals surface area contributed by atoms with Crippen LogP contribution in [0.25, 0.3) is 0 Å². The quantitative estimate of drug-likeness (QED) is 0.853. The summed E-state index contributed by atoms with van der Waals surface area (Å²) in [5.41, 5.74) is 1.73. The first-order chi connectivity index (χ1) is 7.79. The van der Waals surface area contributed by atoms with E-state index in [2.05, 4.69) is 5.32 Å². The van der Waals surface area contributed by atoms with Gasteiger partial charge in [0, 0.05) is 13.5 Å². The van der Waals surface area contributed by atoms with Gasteiger partial charge in [-0.25, -0.2) is 0 Å². The predicted octanol–water partition coefficient (Wildman–Crippen LogP) is 2.23. The molecule has 2 aromatic rings. The van der Waals surface area contributed by atoms with Gasteiger partial charge in [0.25, 0.3) is 5.91 Å². The minimum atomic E-state index is -0.122. The molecule has 0 aliphatic heterocycles. The van der Waals surface area contributed by atoms with Gasteiger partial charge in [0.2, 0.25) is 0 Å². The molecule has 0 aliphatic rings. The van der Waals surface area contributed by atoms with Crippen LogP contribution in [0.4, 0.5) is 0 Å². The minimum Gasteiger partial charge on any atom is -0.468 e. The lowest BCUT2D eigenvalue weighted by Crippen LogP contribution is -2.16. The number of hydrogen-bond donors (Lipinski definition) is 1. The Morgan fingerprint density at radius 1 is 1.31 bits per heavy atom. The van der Waals surface area contributed by atoms with Crippen molar-refractivity contribution in [2.24, 2.45) is 0 Å². The molecule has 3 heteroatoms. The highest BCUT2D eigenvalue weighted by molar-refractivity contribution is 5.93. The average molecular weight is 215 g/mol. The number of hydrogen-bond acceptors (Lipinski definition) is 2. The zero-order valence-corrected chi connectivity index (χ0v) is 9.07. The van der Waals surface area contributed by atoms with Crippen molar-refractivity contribution in [3.05, 3.63) is 59.5 Å². The van der Waals surface area contributed by atoms with Crippen LogP contribution in [-0.2, 0) is 6.42 Å². The Morgan fingerprint density at radius 2 is 2.06 bits per heavy atom. The van der Waals surface area contributed by atoms with Gasteiger partial charge in [-0.1, -0.05) is 30.3 Å². The van der Waals surface area contributed by atoms with E-state index in [1.165, 1.54) is 11.8 Å². The highest BCUT2D eigenvalue weighted by atomic mass is 16.3. The Kier molecular flexibility index (Phi) is 3.05. The Balaban J connectivity index is 2.12. The van der Waals surface area contributed by atoms with Gasteiger partial charge in [-0.2, -0.15) is 0 Å². The van der Waals surface area contributed by atoms with Gasteiger partial charge in [0.05, 0.1) is 5.56 Å². The van der Waals surface area contributed by atoms with Crippen molar-refractivity contribution in [3.8, 4) is 0 Å². The molecule has 1 N–H and O–H groups in total. The SMILES string of the molecule is CNC(=O)c1coc(Cc2ccccc2)c1. The molecule has 16 heavy (non-hydrogen) atoms. The van der Waals surface area contributed by atoms with E-state index in [1.807, 2.05) is 30.3 Å². The molecule has 1 heterocycles. The lowest BCUT2D eigenvalue weighted by atomic mass is 10.1. The number of nitrogens with one attached hydrogen (secondary N) is 1. The van der Waals surface area contributed by atoms with E-state index in [1.54, 1.807) is 13.1 Å². The van der Waals surface area contributed by atoms with Gasteiger partial charge < -0.3 is 9.73 Å². The third kappa shape index (κ3) is 2.31. The first-order valence-corrected chi connectivity index (χ1v) is 5.13. The van der Waals surface area contributed by atoms with Gasteiger partial charge in [0.15, 0.2) is 0 Å². The van der Waals surface area contributed by atoms with Crippen LogP contribution >= 0.6 is 0 Å². The van der Waals surface area contributed by atoms with E-state index >= 15 is 0 Å². The molecular weight excluding hydrogens is 202 g/mol. The monoisotopic (exact) mass is 215 g/mol. The molecular formula is C13H13NO2. The van der Waals surface area contributed by atoms with Crippen molar-refractivity contribution < 1.29 is 9.21 Å². The van der Waals surface area contributed by atoms with Crippen LogP contribution in [0.3, 0.4) is 0 Å². The number of furan rings is 1. The zero-order chi connectivity index (χ0) is 11.4. The van der Waals surface area contributed by atoms with Crippen molar-refractivity contribution in [1.82, 2.24) is 5.32 Å². The maximum atomic E-state index is 11.3. The van der Waals surface area contributed by atoms with Crippen LogP contribution in [0.1, 0.15) is 21.7 Å². The van der Waals surface area contributed by atoms with E-state index in [4.69, 9.17) is 4.42 Å². The summed E-state index contributed by atoms with van der Waals surface area (Å²) in [7, 11) is 1.60. The minimum absolute atomic E-state index is 0.122. The first kappa shape index (κ1) is 10.5. The standard InChI is InChI=1S/C13H13NO2/c1-14-13(15)11-8-12(16-9-11)7-10-5-3-2-4-6-10/h2-6,8-9H,7H2,1H3,(H,14,15). The van der Waals surface area contributed by atoms with Crippen LogP contribution in [0.5, 0.6) is 0 Å². The summed E-state index contributed by atoms with van der Waals surface area (Å²) in [5.74, 6) is 0.674. The second kappa shape index (κ2) is 4.66. The summed E-state index contributed by atoms with van der Waals surface area (Å²) in [6.07, 6.45) is 2.19. The Hall–Kier alpha value is -2.03. The van der Waals surface area contributed by atoms with Crippen molar-refractivity contribution in [1.29, 1.82) is 0 Å². The van der Waals surface area contributed by atoms with E-state index in [0.717, 1.165) is 5.76 Å². The molecule has 82 valence electrons. The lowest BCUT2D eigenvalue weighted by Gasteiger charge is -1.96. The molecule has 1 aromatic heterocycles. The summed E-state index contributed by atoms with van der Waals surface area (Å²) < 4.78 is 5.33. The second-order valence-corrected chi connectivity index (χ2v) is 3.54. The first-order valence-electron chi connectivity index (χ1n) is 5.13. The van der Waals surface area contributed by atoms with Crippen LogP contribution in [0, 0.1) is 0 Å². The fraction of sp³-hybridized carbons (Fsp3) is 0.154. The second-order valence-electron chi connectivity index (χ2n) is 3.54. The summed E-state index contributed by atoms with van der Waals surface area (Å²) in [6, 6.07) is 11.8. The Labute approximate surface area is 94.1 Å². The van der Waals surface area contributed by atoms with E-state index < -0.39 is 0 Å². The number of amides is 1. The molecule has 0 saturated carbocycles. The molecule has 1 aromatic carbocycles. The highest BCUT2D eigenvalue weighted by Gasteiger charge is 2.08. The third-order valence-electron chi connectivity index (χ3n) is 2.36. The summed E-state index contributed by atoms with van der Waals surface area (Å²) in [6.45, 7) is 0. The highest BCUT2D eigenvalue weighted by Crippen LogP contribution is 2.12. The largest absolute Gasteiger partial charge is 0.468 e. The summed E-state index contributed by atoms with van der Waals surface area (Å²) in [5, 5.41) is 2.56.